The van der Waals surface area contributed by atoms with Crippen LogP contribution in [0.25, 0.3) is 0 Å². The van der Waals surface area contributed by atoms with Crippen molar-refractivity contribution in [1.29, 1.82) is 0 Å². The summed E-state index contributed by atoms with van der Waals surface area (Å²) in [4.78, 5) is 8.47. The minimum Gasteiger partial charge on any atom is -0.412 e. The topological polar surface area (TPSA) is 140 Å². The molecule has 11 heteroatoms. The number of aromatic nitrogens is 3. The molecule has 142 valence electrons. The molecule has 26 heavy (non-hydrogen) atoms. The maximum absolute atomic E-state index is 12.5. The molecule has 0 aliphatic rings. The van der Waals surface area contributed by atoms with Gasteiger partial charge in [-0.2, -0.15) is 0 Å². The summed E-state index contributed by atoms with van der Waals surface area (Å²) >= 11 is 7.26. The van der Waals surface area contributed by atoms with Crippen molar-refractivity contribution in [3.8, 4) is 0 Å². The molecular formula is C15H19ClN4O4S2. The van der Waals surface area contributed by atoms with Gasteiger partial charge in [-0.15, -0.1) is 11.3 Å². The minimum absolute atomic E-state index is 0. The zero-order chi connectivity index (χ0) is 17.2. The summed E-state index contributed by atoms with van der Waals surface area (Å²) in [6.07, 6.45) is 6.02. The average molecular weight is 419 g/mol. The summed E-state index contributed by atoms with van der Waals surface area (Å²) in [6, 6.07) is 4.80. The zero-order valence-electron chi connectivity index (χ0n) is 13.8. The molecule has 0 aliphatic carbocycles. The Balaban J connectivity index is 0.00000169. The van der Waals surface area contributed by atoms with E-state index >= 15 is 0 Å². The van der Waals surface area contributed by atoms with Gasteiger partial charge >= 0.3 is 0 Å². The number of hydrogen-bond donors (Lipinski definition) is 1. The molecule has 8 nitrogen and oxygen atoms in total. The van der Waals surface area contributed by atoms with E-state index in [0.717, 1.165) is 12.2 Å². The molecule has 0 spiro atoms. The first-order valence-electron chi connectivity index (χ1n) is 7.14. The predicted octanol–water partition coefficient (Wildman–Crippen LogP) is 1.70. The van der Waals surface area contributed by atoms with E-state index < -0.39 is 10.0 Å². The molecule has 3 rings (SSSR count). The average Bonchev–Trinajstić information content (AvgIpc) is 3.19. The Bertz CT molecular complexity index is 942. The van der Waals surface area contributed by atoms with E-state index in [-0.39, 0.29) is 15.8 Å². The third-order valence-electron chi connectivity index (χ3n) is 3.47. The third-order valence-corrected chi connectivity index (χ3v) is 6.29. The molecule has 0 fully saturated rings. The minimum atomic E-state index is -3.71. The van der Waals surface area contributed by atoms with E-state index in [1.165, 1.54) is 17.4 Å². The highest BCUT2D eigenvalue weighted by Gasteiger charge is 2.19. The van der Waals surface area contributed by atoms with E-state index in [1.54, 1.807) is 31.6 Å². The Hall–Kier alpha value is -1.98. The number of hydrogen-bond acceptors (Lipinski definition) is 5. The van der Waals surface area contributed by atoms with Crippen LogP contribution in [0.15, 0.2) is 47.2 Å². The molecule has 0 amide bonds. The van der Waals surface area contributed by atoms with Crippen LogP contribution >= 0.6 is 22.9 Å². The fourth-order valence-corrected chi connectivity index (χ4v) is 4.68. The fraction of sp³-hybridized carbons (Fsp3) is 0.200. The Labute approximate surface area is 160 Å². The molecular weight excluding hydrogens is 400 g/mol. The van der Waals surface area contributed by atoms with Gasteiger partial charge in [0.1, 0.15) is 0 Å². The molecule has 2 heterocycles. The van der Waals surface area contributed by atoms with Gasteiger partial charge in [0.25, 0.3) is 10.0 Å². The van der Waals surface area contributed by atoms with Gasteiger partial charge in [0.05, 0.1) is 16.9 Å². The fourth-order valence-electron chi connectivity index (χ4n) is 2.18. The van der Waals surface area contributed by atoms with Crippen LogP contribution in [0.1, 0.15) is 11.3 Å². The second kappa shape index (κ2) is 9.10. The first kappa shape index (κ1) is 22.1. The second-order valence-corrected chi connectivity index (χ2v) is 8.08. The van der Waals surface area contributed by atoms with Crippen molar-refractivity contribution in [3.05, 3.63) is 58.6 Å². The van der Waals surface area contributed by atoms with E-state index in [9.17, 15) is 8.42 Å². The summed E-state index contributed by atoms with van der Waals surface area (Å²) in [7, 11) is -3.71. The van der Waals surface area contributed by atoms with Gasteiger partial charge in [0.15, 0.2) is 5.13 Å². The zero-order valence-corrected chi connectivity index (χ0v) is 16.2. The number of imidazole rings is 1. The highest BCUT2D eigenvalue weighted by molar-refractivity contribution is 7.93. The summed E-state index contributed by atoms with van der Waals surface area (Å²) < 4.78 is 29.5. The van der Waals surface area contributed by atoms with Gasteiger partial charge in [-0.25, -0.2) is 18.4 Å². The van der Waals surface area contributed by atoms with E-state index in [0.29, 0.717) is 22.1 Å². The monoisotopic (exact) mass is 418 g/mol. The lowest BCUT2D eigenvalue weighted by molar-refractivity contribution is 0.600. The van der Waals surface area contributed by atoms with Crippen molar-refractivity contribution < 1.29 is 19.4 Å². The van der Waals surface area contributed by atoms with Crippen molar-refractivity contribution >= 4 is 38.1 Å². The van der Waals surface area contributed by atoms with E-state index in [4.69, 9.17) is 11.6 Å². The summed E-state index contributed by atoms with van der Waals surface area (Å²) in [5.74, 6) is 0. The predicted molar refractivity (Wildman–Crippen MR) is 102 cm³/mol. The summed E-state index contributed by atoms with van der Waals surface area (Å²) in [6.45, 7) is 2.42. The molecule has 0 atom stereocenters. The van der Waals surface area contributed by atoms with Crippen molar-refractivity contribution in [3.63, 3.8) is 0 Å². The van der Waals surface area contributed by atoms with Crippen molar-refractivity contribution in [1.82, 2.24) is 14.5 Å². The number of nitrogens with one attached hydrogen (secondary N) is 1. The normalized spacial score (nSPS) is 10.7. The number of nitrogens with zero attached hydrogens (tertiary/aromatic N) is 3. The number of thiazole rings is 1. The summed E-state index contributed by atoms with van der Waals surface area (Å²) in [5, 5.41) is 2.60. The Morgan fingerprint density at radius 3 is 2.77 bits per heavy atom. The van der Waals surface area contributed by atoms with Crippen LogP contribution in [0.3, 0.4) is 0 Å². The number of benzene rings is 1. The maximum Gasteiger partial charge on any atom is 0.263 e. The van der Waals surface area contributed by atoms with Crippen molar-refractivity contribution in [2.75, 3.05) is 4.72 Å². The van der Waals surface area contributed by atoms with Crippen LogP contribution in [-0.2, 0) is 23.0 Å². The highest BCUT2D eigenvalue weighted by atomic mass is 35.5. The number of anilines is 1. The van der Waals surface area contributed by atoms with Crippen LogP contribution < -0.4 is 4.72 Å². The SMILES string of the molecule is Cc1c(Cl)cccc1S(=O)(=O)Nc1nc(CCn2ccnc2)cs1.O.O. The molecule has 0 unspecified atom stereocenters. The molecule has 0 saturated carbocycles. The van der Waals surface area contributed by atoms with E-state index in [2.05, 4.69) is 14.7 Å². The Morgan fingerprint density at radius 2 is 2.08 bits per heavy atom. The standard InChI is InChI=1S/C15H15ClN4O2S2.2H2O/c1-11-13(16)3-2-4-14(11)24(21,22)19-15-18-12(9-23-15)5-7-20-8-6-17-10-20;;/h2-4,6,8-10H,5,7H2,1H3,(H,18,19);2*1H2. The number of sulfonamides is 1. The highest BCUT2D eigenvalue weighted by Crippen LogP contribution is 2.26. The van der Waals surface area contributed by atoms with Gasteiger partial charge in [-0.3, -0.25) is 4.72 Å². The number of rotatable bonds is 6. The lowest BCUT2D eigenvalue weighted by Crippen LogP contribution is -2.14. The van der Waals surface area contributed by atoms with Gasteiger partial charge in [0, 0.05) is 35.8 Å². The first-order chi connectivity index (χ1) is 11.5. The van der Waals surface area contributed by atoms with Crippen molar-refractivity contribution in [2.24, 2.45) is 0 Å². The molecule has 0 aliphatic heterocycles. The quantitative estimate of drug-likeness (QED) is 0.650. The van der Waals surface area contributed by atoms with Crippen LogP contribution in [0.5, 0.6) is 0 Å². The van der Waals surface area contributed by atoms with Gasteiger partial charge in [0.2, 0.25) is 0 Å². The van der Waals surface area contributed by atoms with Crippen LogP contribution in [0.4, 0.5) is 5.13 Å². The molecule has 3 aromatic rings. The maximum atomic E-state index is 12.5. The molecule has 5 N–H and O–H groups in total. The Kier molecular flexibility index (Phi) is 7.72. The van der Waals surface area contributed by atoms with Gasteiger partial charge in [-0.05, 0) is 24.6 Å². The van der Waals surface area contributed by atoms with Gasteiger partial charge in [-0.1, -0.05) is 17.7 Å². The molecule has 0 radical (unpaired) electrons. The number of aryl methyl sites for hydroxylation is 2. The molecule has 0 bridgehead atoms. The largest absolute Gasteiger partial charge is 0.412 e. The Morgan fingerprint density at radius 1 is 1.31 bits per heavy atom. The molecule has 2 aromatic heterocycles. The molecule has 0 saturated heterocycles. The first-order valence-corrected chi connectivity index (χ1v) is 9.88. The summed E-state index contributed by atoms with van der Waals surface area (Å²) in [5.41, 5.74) is 1.35. The smallest absolute Gasteiger partial charge is 0.263 e. The van der Waals surface area contributed by atoms with E-state index in [1.807, 2.05) is 16.1 Å². The van der Waals surface area contributed by atoms with Crippen LogP contribution in [0.2, 0.25) is 5.02 Å². The van der Waals surface area contributed by atoms with Crippen LogP contribution in [-0.4, -0.2) is 33.9 Å². The van der Waals surface area contributed by atoms with Gasteiger partial charge < -0.3 is 15.5 Å². The number of halogens is 1. The third kappa shape index (κ3) is 5.02. The molecule has 1 aromatic carbocycles. The lowest BCUT2D eigenvalue weighted by Gasteiger charge is -2.09. The van der Waals surface area contributed by atoms with Crippen molar-refractivity contribution in [2.45, 2.75) is 24.8 Å². The van der Waals surface area contributed by atoms with Crippen LogP contribution in [0, 0.1) is 6.92 Å². The second-order valence-electron chi connectivity index (χ2n) is 5.16. The lowest BCUT2D eigenvalue weighted by atomic mass is 10.2.